The van der Waals surface area contributed by atoms with E-state index < -0.39 is 10.1 Å². The van der Waals surface area contributed by atoms with Crippen molar-refractivity contribution in [1.29, 1.82) is 5.41 Å². The van der Waals surface area contributed by atoms with Crippen LogP contribution in [-0.4, -0.2) is 22.5 Å². The first kappa shape index (κ1) is 34.9. The predicted molar refractivity (Wildman–Crippen MR) is 187 cm³/mol. The smallest absolute Gasteiger partial charge is 0.124 e. The number of hydrogen-bond donors (Lipinski definition) is 2. The van der Waals surface area contributed by atoms with Crippen LogP contribution < -0.4 is 11.1 Å². The number of nitrogens with two attached hydrogens (primary N) is 1. The van der Waals surface area contributed by atoms with Crippen molar-refractivity contribution in [3.63, 3.8) is 0 Å². The number of nitrogen functional groups attached to an aromatic ring is 1. The number of hydrogen-bond acceptors (Lipinski definition) is 6. The van der Waals surface area contributed by atoms with Crippen LogP contribution in [0.2, 0.25) is 0 Å². The van der Waals surface area contributed by atoms with Crippen LogP contribution in [0.5, 0.6) is 0 Å². The predicted octanol–water partition coefficient (Wildman–Crippen LogP) is 9.03. The molecule has 7 nitrogen and oxygen atoms in total. The van der Waals surface area contributed by atoms with Gasteiger partial charge in [-0.1, -0.05) is 89.1 Å². The van der Waals surface area contributed by atoms with Crippen LogP contribution in [0.25, 0.3) is 28.1 Å². The molecule has 3 aromatic rings. The van der Waals surface area contributed by atoms with Gasteiger partial charge in [-0.25, -0.2) is 13.4 Å². The van der Waals surface area contributed by atoms with Gasteiger partial charge in [-0.15, -0.1) is 0 Å². The highest BCUT2D eigenvalue weighted by Gasteiger charge is 2.16. The van der Waals surface area contributed by atoms with E-state index in [-0.39, 0.29) is 4.90 Å². The molecule has 1 unspecified atom stereocenters. The number of fused-ring (bicyclic) bond motifs is 2. The lowest BCUT2D eigenvalue weighted by Gasteiger charge is -2.20. The van der Waals surface area contributed by atoms with E-state index in [1.54, 1.807) is 0 Å². The molecule has 3 aromatic carbocycles. The van der Waals surface area contributed by atoms with E-state index in [1.165, 1.54) is 62.6 Å². The fraction of sp³-hybridized carbons (Fsp3) is 0.368. The Kier molecular flexibility index (Phi) is 12.1. The normalized spacial score (nSPS) is 12.2. The second-order valence-electron chi connectivity index (χ2n) is 12.2. The summed E-state index contributed by atoms with van der Waals surface area (Å²) >= 11 is 0. The van der Waals surface area contributed by atoms with E-state index in [0.29, 0.717) is 11.3 Å². The molecule has 244 valence electrons. The molecule has 0 aromatic heterocycles. The number of unbranched alkanes of at least 4 members (excludes halogenated alkanes) is 5. The van der Waals surface area contributed by atoms with Crippen LogP contribution in [0, 0.1) is 19.3 Å². The van der Waals surface area contributed by atoms with Crippen LogP contribution in [0.4, 0.5) is 5.69 Å². The highest BCUT2D eigenvalue weighted by Crippen LogP contribution is 2.31. The molecule has 2 aliphatic rings. The monoisotopic (exact) mass is 639 g/mol. The molecule has 3 N–H and O–H groups in total. The first-order valence-corrected chi connectivity index (χ1v) is 17.8. The number of rotatable bonds is 12. The van der Waals surface area contributed by atoms with Crippen LogP contribution in [-0.2, 0) is 10.1 Å². The Bertz CT molecular complexity index is 1870. The first-order valence-electron chi connectivity index (χ1n) is 16.4. The van der Waals surface area contributed by atoms with Gasteiger partial charge in [0, 0.05) is 11.4 Å². The maximum Gasteiger partial charge on any atom is 0.124 e. The van der Waals surface area contributed by atoms with Crippen molar-refractivity contribution in [1.82, 2.24) is 9.55 Å². The number of benzene rings is 4. The second kappa shape index (κ2) is 16.0. The Hall–Kier alpha value is -4.01. The molecule has 0 radical (unpaired) electrons. The average Bonchev–Trinajstić information content (AvgIpc) is 3.03. The standard InChI is InChI=1S/C20H18N4.C18H30O3S/c1-12-8-17-19(10-15(12)21)24(14-6-4-3-5-7-14)20-11-16(22)13(2)9-18(20)23-17;1-3-5-7-9-11-16(10-8-6-4-2)17-12-14-18(15-13-17)22(19,20)21/h3-11,21H,22H2,1-2H3;12-16H,3-11H2,1-2H3,(H,19,20,21)/p-1. The summed E-state index contributed by atoms with van der Waals surface area (Å²) in [7, 11) is -4.34. The lowest BCUT2D eigenvalue weighted by atomic mass is 9.88. The lowest BCUT2D eigenvalue weighted by molar-refractivity contribution is 0.462. The number of anilines is 1. The maximum atomic E-state index is 11.0. The van der Waals surface area contributed by atoms with Crippen molar-refractivity contribution >= 4 is 26.8 Å². The Morgan fingerprint density at radius 2 is 1.46 bits per heavy atom. The van der Waals surface area contributed by atoms with Gasteiger partial charge in [0.1, 0.15) is 10.1 Å². The quantitative estimate of drug-likeness (QED) is 0.0610. The number of aryl methyl sites for hydroxylation is 2. The molecule has 5 rings (SSSR count). The van der Waals surface area contributed by atoms with Crippen LogP contribution in [0.3, 0.4) is 0 Å². The molecular weight excluding hydrogens is 593 g/mol. The molecule has 1 aliphatic carbocycles. The minimum atomic E-state index is -4.34. The van der Waals surface area contributed by atoms with Gasteiger partial charge in [-0.3, -0.25) is 0 Å². The van der Waals surface area contributed by atoms with E-state index in [0.717, 1.165) is 57.8 Å². The Balaban J connectivity index is 0.000000210. The van der Waals surface area contributed by atoms with Crippen molar-refractivity contribution in [2.75, 3.05) is 5.73 Å². The SMILES string of the molecule is CCCCCCC(CCCCC)c1ccc(S(=O)(=O)[O-])cc1.Cc1cc2nc3cc(C)c(=N)cc-3n(-c3ccccc3)c2cc1N. The third kappa shape index (κ3) is 8.83. The van der Waals surface area contributed by atoms with Gasteiger partial charge in [0.05, 0.1) is 32.7 Å². The summed E-state index contributed by atoms with van der Waals surface area (Å²) in [6.45, 7) is 8.34. The molecule has 1 atom stereocenters. The zero-order valence-corrected chi connectivity index (χ0v) is 28.4. The molecule has 46 heavy (non-hydrogen) atoms. The van der Waals surface area contributed by atoms with Crippen molar-refractivity contribution in [2.45, 2.75) is 96.3 Å². The number of aromatic nitrogens is 2. The molecule has 0 fully saturated rings. The average molecular weight is 640 g/mol. The topological polar surface area (TPSA) is 125 Å². The van der Waals surface area contributed by atoms with E-state index in [1.807, 2.05) is 68.4 Å². The van der Waals surface area contributed by atoms with Crippen molar-refractivity contribution < 1.29 is 13.0 Å². The van der Waals surface area contributed by atoms with Gasteiger partial charge in [0.2, 0.25) is 0 Å². The summed E-state index contributed by atoms with van der Waals surface area (Å²) in [5.41, 5.74) is 14.7. The molecule has 0 saturated heterocycles. The van der Waals surface area contributed by atoms with Crippen molar-refractivity contribution in [3.05, 3.63) is 101 Å². The highest BCUT2D eigenvalue weighted by molar-refractivity contribution is 7.85. The van der Waals surface area contributed by atoms with Gasteiger partial charge in [0.25, 0.3) is 0 Å². The Labute approximate surface area is 274 Å². The van der Waals surface area contributed by atoms with Crippen LogP contribution in [0.1, 0.15) is 94.2 Å². The van der Waals surface area contributed by atoms with E-state index in [4.69, 9.17) is 16.1 Å². The minimum absolute atomic E-state index is 0.130. The fourth-order valence-electron chi connectivity index (χ4n) is 5.87. The van der Waals surface area contributed by atoms with Crippen molar-refractivity contribution in [3.8, 4) is 17.1 Å². The van der Waals surface area contributed by atoms with Gasteiger partial charge >= 0.3 is 0 Å². The molecule has 0 saturated carbocycles. The Morgan fingerprint density at radius 1 is 0.826 bits per heavy atom. The van der Waals surface area contributed by atoms with Gasteiger partial charge in [0.15, 0.2) is 0 Å². The number of nitrogens with zero attached hydrogens (tertiary/aromatic N) is 2. The molecule has 1 aliphatic heterocycles. The van der Waals surface area contributed by atoms with Crippen LogP contribution in [0.15, 0.2) is 83.8 Å². The molecule has 0 spiro atoms. The number of para-hydroxylation sites is 1. The van der Waals surface area contributed by atoms with Gasteiger partial charge in [-0.05, 0) is 97.8 Å². The first-order chi connectivity index (χ1) is 22.0. The van der Waals surface area contributed by atoms with Gasteiger partial charge in [-0.2, -0.15) is 0 Å². The van der Waals surface area contributed by atoms with Crippen molar-refractivity contribution in [2.24, 2.45) is 0 Å². The fourth-order valence-corrected chi connectivity index (χ4v) is 6.34. The summed E-state index contributed by atoms with van der Waals surface area (Å²) in [5.74, 6) is 0.479. The summed E-state index contributed by atoms with van der Waals surface area (Å²) in [4.78, 5) is 4.68. The lowest BCUT2D eigenvalue weighted by Crippen LogP contribution is -2.12. The van der Waals surface area contributed by atoms with Gasteiger partial charge < -0.3 is 20.3 Å². The zero-order chi connectivity index (χ0) is 33.3. The van der Waals surface area contributed by atoms with E-state index in [9.17, 15) is 13.0 Å². The summed E-state index contributed by atoms with van der Waals surface area (Å²) in [6.07, 6.45) is 10.9. The molecule has 1 heterocycles. The maximum absolute atomic E-state index is 11.0. The summed E-state index contributed by atoms with van der Waals surface area (Å²) in [5, 5.41) is 8.69. The minimum Gasteiger partial charge on any atom is -0.744 e. The van der Waals surface area contributed by atoms with Crippen LogP contribution >= 0.6 is 0 Å². The third-order valence-corrected chi connectivity index (χ3v) is 9.47. The van der Waals surface area contributed by atoms with E-state index >= 15 is 0 Å². The molecule has 0 amide bonds. The summed E-state index contributed by atoms with van der Waals surface area (Å²) in [6, 6.07) is 24.5. The summed E-state index contributed by atoms with van der Waals surface area (Å²) < 4.78 is 35.2. The zero-order valence-electron chi connectivity index (χ0n) is 27.6. The largest absolute Gasteiger partial charge is 0.744 e. The Morgan fingerprint density at radius 3 is 2.09 bits per heavy atom. The molecule has 0 bridgehead atoms. The van der Waals surface area contributed by atoms with E-state index in [2.05, 4.69) is 30.5 Å². The molecular formula is C38H47N4O3S-. The molecule has 8 heteroatoms. The second-order valence-corrected chi connectivity index (χ2v) is 13.6. The number of nitrogens with one attached hydrogen (secondary N) is 1. The third-order valence-electron chi connectivity index (χ3n) is 8.62. The highest BCUT2D eigenvalue weighted by atomic mass is 32.2.